The highest BCUT2D eigenvalue weighted by Crippen LogP contribution is 2.31. The summed E-state index contributed by atoms with van der Waals surface area (Å²) in [6, 6.07) is 6.69. The average Bonchev–Trinajstić information content (AvgIpc) is 3.33. The SMILES string of the molecule is CC[C@H]1CN(c2ncc(NC3=NS(=O)(=O)N=C3N3CCOCC3)cc2Cl)CCN1C1CCN(Cc2ccc(F)c(F)c2)CC1. The van der Waals surface area contributed by atoms with Crippen molar-refractivity contribution in [1.82, 2.24) is 19.7 Å². The maximum absolute atomic E-state index is 13.7. The summed E-state index contributed by atoms with van der Waals surface area (Å²) in [5.41, 5.74) is 1.32. The fraction of sp³-hybridized carbons (Fsp3) is 0.552. The summed E-state index contributed by atoms with van der Waals surface area (Å²) < 4.78 is 64.3. The van der Waals surface area contributed by atoms with Crippen LogP contribution in [0.1, 0.15) is 31.7 Å². The first-order valence-corrected chi connectivity index (χ1v) is 16.8. The van der Waals surface area contributed by atoms with Crippen molar-refractivity contribution < 1.29 is 21.9 Å². The van der Waals surface area contributed by atoms with Gasteiger partial charge in [0.1, 0.15) is 5.82 Å². The summed E-state index contributed by atoms with van der Waals surface area (Å²) in [6.07, 6.45) is 4.67. The molecule has 2 aromatic rings. The van der Waals surface area contributed by atoms with Gasteiger partial charge in [0.15, 0.2) is 23.3 Å². The Balaban J connectivity index is 1.05. The molecule has 0 bridgehead atoms. The van der Waals surface area contributed by atoms with Gasteiger partial charge < -0.3 is 19.9 Å². The molecule has 3 fully saturated rings. The normalized spacial score (nSPS) is 23.5. The van der Waals surface area contributed by atoms with Gasteiger partial charge in [-0.15, -0.1) is 8.80 Å². The number of hydrogen-bond donors (Lipinski definition) is 1. The Morgan fingerprint density at radius 2 is 1.77 bits per heavy atom. The fourth-order valence-corrected chi connectivity index (χ4v) is 7.58. The highest BCUT2D eigenvalue weighted by molar-refractivity contribution is 7.89. The van der Waals surface area contributed by atoms with Crippen molar-refractivity contribution in [3.8, 4) is 0 Å². The van der Waals surface area contributed by atoms with Gasteiger partial charge in [-0.25, -0.2) is 13.8 Å². The first-order chi connectivity index (χ1) is 21.2. The minimum Gasteiger partial charge on any atom is -0.378 e. The van der Waals surface area contributed by atoms with E-state index in [4.69, 9.17) is 16.3 Å². The lowest BCUT2D eigenvalue weighted by Gasteiger charge is -2.47. The molecule has 0 amide bonds. The van der Waals surface area contributed by atoms with E-state index in [0.29, 0.717) is 61.5 Å². The lowest BCUT2D eigenvalue weighted by atomic mass is 9.98. The largest absolute Gasteiger partial charge is 0.378 e. The first kappa shape index (κ1) is 31.1. The van der Waals surface area contributed by atoms with Crippen molar-refractivity contribution in [1.29, 1.82) is 0 Å². The maximum Gasteiger partial charge on any atom is 0.367 e. The molecule has 44 heavy (non-hydrogen) atoms. The number of piperidine rings is 1. The van der Waals surface area contributed by atoms with Crippen LogP contribution >= 0.6 is 11.6 Å². The smallest absolute Gasteiger partial charge is 0.367 e. The van der Waals surface area contributed by atoms with E-state index in [2.05, 4.69) is 40.7 Å². The van der Waals surface area contributed by atoms with Crippen LogP contribution < -0.4 is 10.2 Å². The van der Waals surface area contributed by atoms with Gasteiger partial charge in [-0.2, -0.15) is 8.42 Å². The number of benzene rings is 1. The van der Waals surface area contributed by atoms with E-state index in [1.165, 1.54) is 12.1 Å². The molecule has 1 atom stereocenters. The van der Waals surface area contributed by atoms with Crippen molar-refractivity contribution in [2.24, 2.45) is 8.80 Å². The number of piperazine rings is 1. The first-order valence-electron chi connectivity index (χ1n) is 15.1. The molecule has 1 aromatic carbocycles. The molecule has 1 N–H and O–H groups in total. The minimum atomic E-state index is -3.96. The zero-order chi connectivity index (χ0) is 30.8. The molecule has 11 nitrogen and oxygen atoms in total. The number of likely N-dealkylation sites (tertiary alicyclic amines) is 1. The zero-order valence-electron chi connectivity index (χ0n) is 24.6. The van der Waals surface area contributed by atoms with Crippen LogP contribution in [0.5, 0.6) is 0 Å². The number of ether oxygens (including phenoxy) is 1. The Bertz CT molecular complexity index is 1530. The van der Waals surface area contributed by atoms with E-state index >= 15 is 0 Å². The summed E-state index contributed by atoms with van der Waals surface area (Å²) in [4.78, 5) is 13.6. The molecule has 0 radical (unpaired) electrons. The predicted molar refractivity (Wildman–Crippen MR) is 167 cm³/mol. The number of rotatable bonds is 6. The molecule has 0 aliphatic carbocycles. The molecule has 4 aliphatic heterocycles. The molecule has 0 spiro atoms. The summed E-state index contributed by atoms with van der Waals surface area (Å²) in [6.45, 7) is 9.12. The number of morpholine rings is 1. The highest BCUT2D eigenvalue weighted by Gasteiger charge is 2.34. The Labute approximate surface area is 261 Å². The maximum atomic E-state index is 13.7. The molecule has 238 valence electrons. The molecule has 0 saturated carbocycles. The summed E-state index contributed by atoms with van der Waals surface area (Å²) in [5, 5.41) is 3.52. The van der Waals surface area contributed by atoms with Gasteiger partial charge in [-0.1, -0.05) is 24.6 Å². The second kappa shape index (κ2) is 13.2. The van der Waals surface area contributed by atoms with Gasteiger partial charge >= 0.3 is 10.2 Å². The molecule has 0 unspecified atom stereocenters. The molecular weight excluding hydrogens is 614 g/mol. The number of halogens is 3. The second-order valence-corrected chi connectivity index (χ2v) is 13.2. The monoisotopic (exact) mass is 650 g/mol. The van der Waals surface area contributed by atoms with Crippen molar-refractivity contribution in [2.75, 3.05) is 69.2 Å². The van der Waals surface area contributed by atoms with Gasteiger partial charge in [0.2, 0.25) is 0 Å². The van der Waals surface area contributed by atoms with E-state index in [0.717, 1.165) is 57.5 Å². The Kier molecular flexibility index (Phi) is 9.34. The van der Waals surface area contributed by atoms with Gasteiger partial charge in [-0.05, 0) is 56.1 Å². The number of pyridine rings is 1. The van der Waals surface area contributed by atoms with Gasteiger partial charge in [0.25, 0.3) is 0 Å². The lowest BCUT2D eigenvalue weighted by molar-refractivity contribution is 0.0610. The topological polar surface area (TPSA) is 106 Å². The number of nitrogens with zero attached hydrogens (tertiary/aromatic N) is 7. The Morgan fingerprint density at radius 3 is 2.48 bits per heavy atom. The van der Waals surface area contributed by atoms with Crippen LogP contribution in [0.15, 0.2) is 39.3 Å². The van der Waals surface area contributed by atoms with Crippen LogP contribution in [0, 0.1) is 11.6 Å². The van der Waals surface area contributed by atoms with Crippen LogP contribution in [0.25, 0.3) is 0 Å². The second-order valence-electron chi connectivity index (χ2n) is 11.6. The van der Waals surface area contributed by atoms with Crippen molar-refractivity contribution in [3.05, 3.63) is 52.7 Å². The summed E-state index contributed by atoms with van der Waals surface area (Å²) >= 11 is 6.74. The van der Waals surface area contributed by atoms with Crippen molar-refractivity contribution >= 4 is 45.0 Å². The van der Waals surface area contributed by atoms with Crippen LogP contribution in [0.4, 0.5) is 20.3 Å². The van der Waals surface area contributed by atoms with Crippen LogP contribution in [0.2, 0.25) is 5.02 Å². The Morgan fingerprint density at radius 1 is 1.00 bits per heavy atom. The Hall–Kier alpha value is -2.91. The third-order valence-corrected chi connectivity index (χ3v) is 9.83. The van der Waals surface area contributed by atoms with E-state index in [9.17, 15) is 17.2 Å². The molecular formula is C29H37ClF2N8O3S. The van der Waals surface area contributed by atoms with E-state index in [1.807, 2.05) is 4.90 Å². The molecule has 3 saturated heterocycles. The summed E-state index contributed by atoms with van der Waals surface area (Å²) in [7, 11) is -3.96. The fourth-order valence-electron chi connectivity index (χ4n) is 6.47. The minimum absolute atomic E-state index is 0.146. The zero-order valence-corrected chi connectivity index (χ0v) is 26.2. The third kappa shape index (κ3) is 6.99. The van der Waals surface area contributed by atoms with Gasteiger partial charge in [-0.3, -0.25) is 9.80 Å². The molecule has 6 rings (SSSR count). The van der Waals surface area contributed by atoms with E-state index in [1.54, 1.807) is 18.3 Å². The number of nitrogens with one attached hydrogen (secondary N) is 1. The quantitative estimate of drug-likeness (QED) is 0.504. The molecule has 15 heteroatoms. The molecule has 1 aromatic heterocycles. The van der Waals surface area contributed by atoms with Gasteiger partial charge in [0, 0.05) is 51.4 Å². The van der Waals surface area contributed by atoms with Crippen LogP contribution in [-0.2, 0) is 21.5 Å². The highest BCUT2D eigenvalue weighted by atomic mass is 35.5. The van der Waals surface area contributed by atoms with Crippen molar-refractivity contribution in [2.45, 2.75) is 44.8 Å². The van der Waals surface area contributed by atoms with Gasteiger partial charge in [0.05, 0.1) is 30.1 Å². The predicted octanol–water partition coefficient (Wildman–Crippen LogP) is 3.38. The van der Waals surface area contributed by atoms with Crippen molar-refractivity contribution in [3.63, 3.8) is 0 Å². The lowest BCUT2D eigenvalue weighted by Crippen LogP contribution is -2.58. The summed E-state index contributed by atoms with van der Waals surface area (Å²) in [5.74, 6) is -0.503. The van der Waals surface area contributed by atoms with E-state index < -0.39 is 21.8 Å². The van der Waals surface area contributed by atoms with E-state index in [-0.39, 0.29) is 11.7 Å². The molecule has 4 aliphatic rings. The number of amidine groups is 2. The van der Waals surface area contributed by atoms with Crippen LogP contribution in [-0.4, -0.2) is 111 Å². The average molecular weight is 651 g/mol. The number of anilines is 2. The molecule has 5 heterocycles. The number of aromatic nitrogens is 1. The standard InChI is InChI=1S/C29H37ClF2N8O3S/c1-2-22-19-39(9-10-40(22)23-5-7-37(8-6-23)18-20-3-4-25(31)26(32)15-20)28-24(30)16-21(17-33-28)34-27-29(36-44(41,42)35-27)38-11-13-43-14-12-38/h3-4,15-17,22-23H,2,5-14,18-19H2,1H3,(H,34,35)/t22-/m0/s1. The number of hydrogen-bond acceptors (Lipinski definition) is 9. The third-order valence-electron chi connectivity index (χ3n) is 8.73. The van der Waals surface area contributed by atoms with Crippen LogP contribution in [0.3, 0.4) is 0 Å².